The van der Waals surface area contributed by atoms with Gasteiger partial charge < -0.3 is 20.7 Å². The van der Waals surface area contributed by atoms with Crippen molar-refractivity contribution in [2.75, 3.05) is 30.2 Å². The number of carbonyl (C=O) groups is 1. The fourth-order valence-electron chi connectivity index (χ4n) is 4.42. The second kappa shape index (κ2) is 12.1. The molecule has 1 amide bonds. The summed E-state index contributed by atoms with van der Waals surface area (Å²) in [5.74, 6) is 0.323. The van der Waals surface area contributed by atoms with Crippen molar-refractivity contribution >= 4 is 55.9 Å². The number of rotatable bonds is 9. The summed E-state index contributed by atoms with van der Waals surface area (Å²) in [7, 11) is -2.62. The summed E-state index contributed by atoms with van der Waals surface area (Å²) < 4.78 is 34.8. The third kappa shape index (κ3) is 6.44. The van der Waals surface area contributed by atoms with Crippen LogP contribution in [0.5, 0.6) is 5.75 Å². The molecule has 0 spiro atoms. The molecule has 1 atom stereocenters. The number of anilines is 3. The molecule has 0 radical (unpaired) electrons. The number of nitrogens with zero attached hydrogens (tertiary/aromatic N) is 2. The van der Waals surface area contributed by atoms with Crippen LogP contribution in [0.4, 0.5) is 17.3 Å². The van der Waals surface area contributed by atoms with Crippen molar-refractivity contribution in [3.8, 4) is 5.75 Å². The molecule has 0 aliphatic carbocycles. The average Bonchev–Trinajstić information content (AvgIpc) is 2.97. The lowest BCUT2D eigenvalue weighted by Gasteiger charge is -2.23. The zero-order valence-electron chi connectivity index (χ0n) is 21.8. The molecule has 1 saturated heterocycles. The van der Waals surface area contributed by atoms with Gasteiger partial charge in [0.2, 0.25) is 0 Å². The van der Waals surface area contributed by atoms with Gasteiger partial charge in [0.1, 0.15) is 5.75 Å². The van der Waals surface area contributed by atoms with E-state index in [0.29, 0.717) is 34.0 Å². The highest BCUT2D eigenvalue weighted by atomic mass is 35.5. The predicted molar refractivity (Wildman–Crippen MR) is 156 cm³/mol. The number of para-hydroxylation sites is 2. The summed E-state index contributed by atoms with van der Waals surface area (Å²) in [6, 6.07) is 18.2. The topological polar surface area (TPSA) is 134 Å². The number of hydrogen-bond donors (Lipinski definition) is 4. The summed E-state index contributed by atoms with van der Waals surface area (Å²) in [5, 5.41) is 9.73. The van der Waals surface area contributed by atoms with Crippen molar-refractivity contribution < 1.29 is 17.9 Å². The molecular weight excluding hydrogens is 552 g/mol. The highest BCUT2D eigenvalue weighted by Gasteiger charge is 2.22. The molecule has 1 aliphatic rings. The Kier molecular flexibility index (Phi) is 8.34. The summed E-state index contributed by atoms with van der Waals surface area (Å²) in [4.78, 5) is 21.8. The zero-order valence-corrected chi connectivity index (χ0v) is 23.3. The molecule has 4 aromatic rings. The van der Waals surface area contributed by atoms with Crippen molar-refractivity contribution in [3.63, 3.8) is 0 Å². The van der Waals surface area contributed by atoms with Crippen molar-refractivity contribution in [3.05, 3.63) is 77.3 Å². The van der Waals surface area contributed by atoms with Gasteiger partial charge in [-0.1, -0.05) is 36.2 Å². The zero-order chi connectivity index (χ0) is 28.1. The molecule has 4 N–H and O–H groups in total. The molecule has 40 heavy (non-hydrogen) atoms. The Hall–Kier alpha value is -3.93. The van der Waals surface area contributed by atoms with E-state index in [1.807, 2.05) is 6.07 Å². The van der Waals surface area contributed by atoms with Crippen LogP contribution in [0.15, 0.2) is 71.6 Å². The van der Waals surface area contributed by atoms with Gasteiger partial charge in [0.15, 0.2) is 11.6 Å². The quantitative estimate of drug-likeness (QED) is 0.224. The Morgan fingerprint density at radius 2 is 1.80 bits per heavy atom. The lowest BCUT2D eigenvalue weighted by molar-refractivity contribution is 0.0947. The van der Waals surface area contributed by atoms with Crippen LogP contribution in [-0.4, -0.2) is 50.5 Å². The van der Waals surface area contributed by atoms with Crippen LogP contribution >= 0.6 is 11.6 Å². The Bertz CT molecular complexity index is 1640. The first-order valence-electron chi connectivity index (χ1n) is 12.8. The van der Waals surface area contributed by atoms with E-state index in [4.69, 9.17) is 16.3 Å². The molecule has 1 fully saturated rings. The van der Waals surface area contributed by atoms with E-state index in [1.54, 1.807) is 42.5 Å². The second-order valence-electron chi connectivity index (χ2n) is 9.37. The van der Waals surface area contributed by atoms with Crippen LogP contribution in [0.3, 0.4) is 0 Å². The third-order valence-electron chi connectivity index (χ3n) is 6.56. The molecule has 3 aromatic carbocycles. The Labute approximate surface area is 237 Å². The van der Waals surface area contributed by atoms with Gasteiger partial charge in [0.25, 0.3) is 15.9 Å². The van der Waals surface area contributed by atoms with E-state index in [9.17, 15) is 13.2 Å². The lowest BCUT2D eigenvalue weighted by Crippen LogP contribution is -2.43. The minimum absolute atomic E-state index is 0.0317. The number of nitrogens with one attached hydrogen (secondary N) is 4. The normalized spacial score (nSPS) is 15.4. The van der Waals surface area contributed by atoms with Crippen LogP contribution in [0.1, 0.15) is 29.6 Å². The average molecular weight is 581 g/mol. The molecular formula is C28H29ClN6O4S. The van der Waals surface area contributed by atoms with Gasteiger partial charge in [-0.3, -0.25) is 9.52 Å². The Balaban J connectivity index is 1.42. The number of methoxy groups -OCH3 is 1. The lowest BCUT2D eigenvalue weighted by atomic mass is 10.1. The standard InChI is InChI=1S/C28H29ClN6O4S/c1-39-20-12-13-22(29)25(16-20)34-26-27(33-24-11-3-2-10-23(24)32-26)35-40(37,38)21-9-6-7-18(15-21)28(36)31-17-19-8-4-5-14-30-19/h2-3,6-7,9-13,15-16,19,30H,4-5,8,14,17H2,1H3,(H,31,36)(H,32,34)(H,33,35). The van der Waals surface area contributed by atoms with Crippen molar-refractivity contribution in [2.24, 2.45) is 0 Å². The molecule has 10 nitrogen and oxygen atoms in total. The van der Waals surface area contributed by atoms with Crippen LogP contribution in [-0.2, 0) is 10.0 Å². The number of sulfonamides is 1. The first kappa shape index (κ1) is 27.6. The Morgan fingerprint density at radius 1 is 1.02 bits per heavy atom. The van der Waals surface area contributed by atoms with Gasteiger partial charge in [0, 0.05) is 24.2 Å². The second-order valence-corrected chi connectivity index (χ2v) is 11.5. The van der Waals surface area contributed by atoms with E-state index in [-0.39, 0.29) is 34.0 Å². The van der Waals surface area contributed by atoms with Gasteiger partial charge in [-0.2, -0.15) is 0 Å². The Morgan fingerprint density at radius 3 is 2.52 bits per heavy atom. The van der Waals surface area contributed by atoms with Gasteiger partial charge in [-0.15, -0.1) is 0 Å². The number of carbonyl (C=O) groups excluding carboxylic acids is 1. The number of aromatic nitrogens is 2. The highest BCUT2D eigenvalue weighted by Crippen LogP contribution is 2.32. The summed E-state index contributed by atoms with van der Waals surface area (Å²) in [6.45, 7) is 1.40. The molecule has 0 saturated carbocycles. The van der Waals surface area contributed by atoms with Crippen molar-refractivity contribution in [2.45, 2.75) is 30.2 Å². The van der Waals surface area contributed by atoms with Crippen LogP contribution in [0, 0.1) is 0 Å². The van der Waals surface area contributed by atoms with Crippen LogP contribution in [0.25, 0.3) is 11.0 Å². The SMILES string of the molecule is COc1ccc(Cl)c(Nc2nc3ccccc3nc2NS(=O)(=O)c2cccc(C(=O)NCC3CCCCN3)c2)c1. The predicted octanol–water partition coefficient (Wildman–Crippen LogP) is 4.71. The summed E-state index contributed by atoms with van der Waals surface area (Å²) >= 11 is 6.38. The summed E-state index contributed by atoms with van der Waals surface area (Å²) in [5.41, 5.74) is 1.74. The largest absolute Gasteiger partial charge is 0.497 e. The molecule has 12 heteroatoms. The molecule has 208 valence electrons. The van der Waals surface area contributed by atoms with E-state index in [0.717, 1.165) is 25.8 Å². The smallest absolute Gasteiger partial charge is 0.263 e. The number of ether oxygens (including phenoxy) is 1. The highest BCUT2D eigenvalue weighted by molar-refractivity contribution is 7.92. The number of benzene rings is 3. The number of piperidine rings is 1. The number of amides is 1. The van der Waals surface area contributed by atoms with Gasteiger partial charge in [-0.05, 0) is 61.9 Å². The molecule has 1 aromatic heterocycles. The number of hydrogen-bond acceptors (Lipinski definition) is 8. The van der Waals surface area contributed by atoms with E-state index >= 15 is 0 Å². The summed E-state index contributed by atoms with van der Waals surface area (Å²) in [6.07, 6.45) is 3.23. The molecule has 2 heterocycles. The maximum Gasteiger partial charge on any atom is 0.263 e. The van der Waals surface area contributed by atoms with E-state index in [2.05, 4.69) is 30.6 Å². The van der Waals surface area contributed by atoms with E-state index in [1.165, 1.54) is 25.3 Å². The maximum atomic E-state index is 13.5. The fraction of sp³-hybridized carbons (Fsp3) is 0.250. The van der Waals surface area contributed by atoms with Crippen molar-refractivity contribution in [1.29, 1.82) is 0 Å². The van der Waals surface area contributed by atoms with Crippen molar-refractivity contribution in [1.82, 2.24) is 20.6 Å². The number of halogens is 1. The maximum absolute atomic E-state index is 13.5. The van der Waals surface area contributed by atoms with Gasteiger partial charge in [0.05, 0.1) is 33.7 Å². The van der Waals surface area contributed by atoms with Crippen LogP contribution in [0.2, 0.25) is 5.02 Å². The third-order valence-corrected chi connectivity index (χ3v) is 8.22. The molecule has 1 aliphatic heterocycles. The van der Waals surface area contributed by atoms with Crippen LogP contribution < -0.4 is 25.4 Å². The number of fused-ring (bicyclic) bond motifs is 1. The monoisotopic (exact) mass is 580 g/mol. The van der Waals surface area contributed by atoms with Gasteiger partial charge in [-0.25, -0.2) is 18.4 Å². The first-order chi connectivity index (χ1) is 19.3. The minimum Gasteiger partial charge on any atom is -0.497 e. The van der Waals surface area contributed by atoms with E-state index < -0.39 is 10.0 Å². The first-order valence-corrected chi connectivity index (χ1v) is 14.7. The fourth-order valence-corrected chi connectivity index (χ4v) is 5.64. The minimum atomic E-state index is -4.15. The van der Waals surface area contributed by atoms with Gasteiger partial charge >= 0.3 is 0 Å². The molecule has 1 unspecified atom stereocenters. The molecule has 0 bridgehead atoms. The molecule has 5 rings (SSSR count).